The Kier molecular flexibility index (Phi) is 6.39. The van der Waals surface area contributed by atoms with Crippen LogP contribution in [0.25, 0.3) is 0 Å². The smallest absolute Gasteiger partial charge is 0.0389 e. The standard InChI is InChI=1S/C10H17NS.ClH/c1-8(2)5-6-9(11)10-4-3-7-12-10;/h3-4,7-9H,5-6,11H2,1-2H3;1H/t9-;/m1./s1. The van der Waals surface area contributed by atoms with E-state index in [1.54, 1.807) is 11.3 Å². The molecule has 0 unspecified atom stereocenters. The van der Waals surface area contributed by atoms with Crippen LogP contribution in [0.5, 0.6) is 0 Å². The topological polar surface area (TPSA) is 26.0 Å². The van der Waals surface area contributed by atoms with E-state index in [1.165, 1.54) is 11.3 Å². The Labute approximate surface area is 90.8 Å². The van der Waals surface area contributed by atoms with Crippen molar-refractivity contribution in [3.05, 3.63) is 22.4 Å². The average Bonchev–Trinajstić information content (AvgIpc) is 2.51. The number of nitrogens with two attached hydrogens (primary N) is 1. The van der Waals surface area contributed by atoms with Gasteiger partial charge in [0.15, 0.2) is 0 Å². The lowest BCUT2D eigenvalue weighted by Gasteiger charge is -2.10. The average molecular weight is 220 g/mol. The zero-order chi connectivity index (χ0) is 8.97. The van der Waals surface area contributed by atoms with Crippen LogP contribution in [0.1, 0.15) is 37.6 Å². The maximum Gasteiger partial charge on any atom is 0.0389 e. The summed E-state index contributed by atoms with van der Waals surface area (Å²) in [6.07, 6.45) is 2.33. The van der Waals surface area contributed by atoms with Gasteiger partial charge in [0.2, 0.25) is 0 Å². The fraction of sp³-hybridized carbons (Fsp3) is 0.600. The third kappa shape index (κ3) is 4.65. The van der Waals surface area contributed by atoms with E-state index in [1.807, 2.05) is 0 Å². The molecule has 0 spiro atoms. The van der Waals surface area contributed by atoms with Crippen molar-refractivity contribution in [3.8, 4) is 0 Å². The highest BCUT2D eigenvalue weighted by atomic mass is 35.5. The Balaban J connectivity index is 0.00000144. The predicted octanol–water partition coefficient (Wildman–Crippen LogP) is 3.61. The van der Waals surface area contributed by atoms with E-state index < -0.39 is 0 Å². The third-order valence-electron chi connectivity index (χ3n) is 1.96. The van der Waals surface area contributed by atoms with Gasteiger partial charge in [0.1, 0.15) is 0 Å². The molecular formula is C10H18ClNS. The first-order valence-electron chi connectivity index (χ1n) is 4.49. The lowest BCUT2D eigenvalue weighted by Crippen LogP contribution is -2.09. The van der Waals surface area contributed by atoms with Crippen molar-refractivity contribution in [2.45, 2.75) is 32.7 Å². The van der Waals surface area contributed by atoms with Gasteiger partial charge >= 0.3 is 0 Å². The van der Waals surface area contributed by atoms with E-state index >= 15 is 0 Å². The predicted molar refractivity (Wildman–Crippen MR) is 62.6 cm³/mol. The second-order valence-electron chi connectivity index (χ2n) is 3.59. The van der Waals surface area contributed by atoms with Gasteiger partial charge in [0.25, 0.3) is 0 Å². The van der Waals surface area contributed by atoms with E-state index in [-0.39, 0.29) is 18.4 Å². The van der Waals surface area contributed by atoms with Gasteiger partial charge in [-0.2, -0.15) is 0 Å². The molecule has 0 aliphatic heterocycles. The quantitative estimate of drug-likeness (QED) is 0.823. The molecule has 13 heavy (non-hydrogen) atoms. The molecule has 2 N–H and O–H groups in total. The van der Waals surface area contributed by atoms with Crippen molar-refractivity contribution in [3.63, 3.8) is 0 Å². The summed E-state index contributed by atoms with van der Waals surface area (Å²) >= 11 is 1.76. The highest BCUT2D eigenvalue weighted by Crippen LogP contribution is 2.22. The zero-order valence-electron chi connectivity index (χ0n) is 8.19. The van der Waals surface area contributed by atoms with Crippen LogP contribution < -0.4 is 5.73 Å². The lowest BCUT2D eigenvalue weighted by atomic mass is 10.0. The highest BCUT2D eigenvalue weighted by molar-refractivity contribution is 7.10. The first-order chi connectivity index (χ1) is 5.70. The molecule has 0 bridgehead atoms. The number of halogens is 1. The molecule has 1 heterocycles. The van der Waals surface area contributed by atoms with Crippen molar-refractivity contribution in [2.75, 3.05) is 0 Å². The minimum absolute atomic E-state index is 0. The molecule has 0 amide bonds. The zero-order valence-corrected chi connectivity index (χ0v) is 9.83. The Morgan fingerprint density at radius 2 is 2.08 bits per heavy atom. The van der Waals surface area contributed by atoms with Crippen LogP contribution in [0.15, 0.2) is 17.5 Å². The number of hydrogen-bond donors (Lipinski definition) is 1. The summed E-state index contributed by atoms with van der Waals surface area (Å²) in [5.41, 5.74) is 6.00. The van der Waals surface area contributed by atoms with Gasteiger partial charge in [0, 0.05) is 10.9 Å². The van der Waals surface area contributed by atoms with E-state index in [2.05, 4.69) is 31.4 Å². The Bertz CT molecular complexity index is 209. The van der Waals surface area contributed by atoms with Crippen molar-refractivity contribution in [2.24, 2.45) is 11.7 Å². The first kappa shape index (κ1) is 12.9. The summed E-state index contributed by atoms with van der Waals surface area (Å²) in [7, 11) is 0. The normalized spacial score (nSPS) is 12.6. The summed E-state index contributed by atoms with van der Waals surface area (Å²) in [6.45, 7) is 4.47. The number of hydrogen-bond acceptors (Lipinski definition) is 2. The number of rotatable bonds is 4. The number of thiophene rings is 1. The monoisotopic (exact) mass is 219 g/mol. The Morgan fingerprint density at radius 1 is 1.38 bits per heavy atom. The van der Waals surface area contributed by atoms with E-state index in [0.717, 1.165) is 12.3 Å². The summed E-state index contributed by atoms with van der Waals surface area (Å²) in [5.74, 6) is 0.760. The molecule has 1 aromatic heterocycles. The van der Waals surface area contributed by atoms with Crippen molar-refractivity contribution >= 4 is 23.7 Å². The van der Waals surface area contributed by atoms with Crippen LogP contribution in [0.2, 0.25) is 0 Å². The third-order valence-corrected chi connectivity index (χ3v) is 2.97. The molecule has 0 aromatic carbocycles. The lowest BCUT2D eigenvalue weighted by molar-refractivity contribution is 0.510. The van der Waals surface area contributed by atoms with Gasteiger partial charge < -0.3 is 5.73 Å². The van der Waals surface area contributed by atoms with Gasteiger partial charge in [-0.25, -0.2) is 0 Å². The second kappa shape index (κ2) is 6.41. The van der Waals surface area contributed by atoms with Crippen molar-refractivity contribution in [1.82, 2.24) is 0 Å². The summed E-state index contributed by atoms with van der Waals surface area (Å²) in [6, 6.07) is 4.44. The molecule has 1 nitrogen and oxygen atoms in total. The van der Waals surface area contributed by atoms with E-state index in [4.69, 9.17) is 5.73 Å². The summed E-state index contributed by atoms with van der Waals surface area (Å²) in [5, 5.41) is 2.09. The van der Waals surface area contributed by atoms with Crippen LogP contribution >= 0.6 is 23.7 Å². The minimum Gasteiger partial charge on any atom is -0.323 e. The van der Waals surface area contributed by atoms with Crippen molar-refractivity contribution in [1.29, 1.82) is 0 Å². The van der Waals surface area contributed by atoms with Gasteiger partial charge in [0.05, 0.1) is 0 Å². The van der Waals surface area contributed by atoms with Crippen LogP contribution in [-0.4, -0.2) is 0 Å². The molecule has 0 radical (unpaired) electrons. The summed E-state index contributed by atoms with van der Waals surface area (Å²) < 4.78 is 0. The largest absolute Gasteiger partial charge is 0.323 e. The first-order valence-corrected chi connectivity index (χ1v) is 5.37. The fourth-order valence-electron chi connectivity index (χ4n) is 1.16. The maximum absolute atomic E-state index is 6.00. The SMILES string of the molecule is CC(C)CC[C@@H](N)c1cccs1.Cl. The molecule has 0 aliphatic rings. The molecule has 1 aromatic rings. The molecule has 1 rings (SSSR count). The molecule has 1 atom stereocenters. The second-order valence-corrected chi connectivity index (χ2v) is 4.57. The van der Waals surface area contributed by atoms with Gasteiger partial charge in [-0.3, -0.25) is 0 Å². The Hall–Kier alpha value is -0.0500. The molecule has 0 saturated carbocycles. The molecule has 76 valence electrons. The van der Waals surface area contributed by atoms with Crippen molar-refractivity contribution < 1.29 is 0 Å². The molecule has 3 heteroatoms. The van der Waals surface area contributed by atoms with Gasteiger partial charge in [-0.1, -0.05) is 19.9 Å². The van der Waals surface area contributed by atoms with Crippen LogP contribution in [0.3, 0.4) is 0 Å². The highest BCUT2D eigenvalue weighted by Gasteiger charge is 2.06. The van der Waals surface area contributed by atoms with Gasteiger partial charge in [-0.15, -0.1) is 23.7 Å². The van der Waals surface area contributed by atoms with Crippen LogP contribution in [0, 0.1) is 5.92 Å². The van der Waals surface area contributed by atoms with Gasteiger partial charge in [-0.05, 0) is 30.2 Å². The summed E-state index contributed by atoms with van der Waals surface area (Å²) in [4.78, 5) is 1.32. The molecule has 0 saturated heterocycles. The van der Waals surface area contributed by atoms with E-state index in [9.17, 15) is 0 Å². The van der Waals surface area contributed by atoms with E-state index in [0.29, 0.717) is 0 Å². The Morgan fingerprint density at radius 3 is 2.54 bits per heavy atom. The molecule has 0 aliphatic carbocycles. The maximum atomic E-state index is 6.00. The minimum atomic E-state index is 0. The molecule has 0 fully saturated rings. The van der Waals surface area contributed by atoms with Crippen LogP contribution in [0.4, 0.5) is 0 Å². The fourth-order valence-corrected chi connectivity index (χ4v) is 1.92. The van der Waals surface area contributed by atoms with Crippen LogP contribution in [-0.2, 0) is 0 Å². The molecular weight excluding hydrogens is 202 g/mol.